The van der Waals surface area contributed by atoms with E-state index in [1.807, 2.05) is 32.0 Å². The standard InChI is InChI=1S/C18H24N2O/c1-5-20(15-8-6-7-14(4)11-15)16-9-10-17(19)18(12-16)21-13(2)3/h6-13H,5,19H2,1-4H3. The van der Waals surface area contributed by atoms with Gasteiger partial charge in [0.05, 0.1) is 11.8 Å². The first-order valence-electron chi connectivity index (χ1n) is 7.41. The number of aryl methyl sites for hydroxylation is 1. The van der Waals surface area contributed by atoms with E-state index in [1.54, 1.807) is 0 Å². The van der Waals surface area contributed by atoms with Crippen molar-refractivity contribution in [2.75, 3.05) is 17.2 Å². The van der Waals surface area contributed by atoms with Crippen LogP contribution >= 0.6 is 0 Å². The zero-order valence-electron chi connectivity index (χ0n) is 13.3. The van der Waals surface area contributed by atoms with Gasteiger partial charge in [-0.15, -0.1) is 0 Å². The van der Waals surface area contributed by atoms with Crippen molar-refractivity contribution in [2.24, 2.45) is 0 Å². The molecular formula is C18H24N2O. The Kier molecular flexibility index (Phi) is 4.73. The largest absolute Gasteiger partial charge is 0.489 e. The Labute approximate surface area is 127 Å². The molecule has 3 nitrogen and oxygen atoms in total. The van der Waals surface area contributed by atoms with Crippen molar-refractivity contribution >= 4 is 17.1 Å². The maximum Gasteiger partial charge on any atom is 0.144 e. The van der Waals surface area contributed by atoms with E-state index in [9.17, 15) is 0 Å². The molecule has 2 aromatic rings. The zero-order chi connectivity index (χ0) is 15.4. The number of ether oxygens (including phenoxy) is 1. The van der Waals surface area contributed by atoms with Crippen molar-refractivity contribution in [2.45, 2.75) is 33.8 Å². The highest BCUT2D eigenvalue weighted by molar-refractivity contribution is 5.69. The van der Waals surface area contributed by atoms with Gasteiger partial charge in [0.2, 0.25) is 0 Å². The van der Waals surface area contributed by atoms with Gasteiger partial charge in [0, 0.05) is 24.0 Å². The fourth-order valence-electron chi connectivity index (χ4n) is 2.36. The van der Waals surface area contributed by atoms with Crippen molar-refractivity contribution in [3.8, 4) is 5.75 Å². The Morgan fingerprint density at radius 3 is 2.43 bits per heavy atom. The monoisotopic (exact) mass is 284 g/mol. The third kappa shape index (κ3) is 3.69. The van der Waals surface area contributed by atoms with Gasteiger partial charge < -0.3 is 15.4 Å². The number of rotatable bonds is 5. The molecule has 0 fully saturated rings. The van der Waals surface area contributed by atoms with Crippen LogP contribution in [0.2, 0.25) is 0 Å². The number of nitrogens with two attached hydrogens (primary N) is 1. The lowest BCUT2D eigenvalue weighted by Crippen LogP contribution is -2.16. The second-order valence-corrected chi connectivity index (χ2v) is 5.47. The molecule has 0 radical (unpaired) electrons. The minimum Gasteiger partial charge on any atom is -0.489 e. The molecule has 0 spiro atoms. The van der Waals surface area contributed by atoms with Crippen molar-refractivity contribution in [3.63, 3.8) is 0 Å². The third-order valence-electron chi connectivity index (χ3n) is 3.30. The molecular weight excluding hydrogens is 260 g/mol. The average Bonchev–Trinajstić information content (AvgIpc) is 2.43. The van der Waals surface area contributed by atoms with E-state index >= 15 is 0 Å². The summed E-state index contributed by atoms with van der Waals surface area (Å²) in [4.78, 5) is 2.25. The number of anilines is 3. The molecule has 0 aromatic heterocycles. The highest BCUT2D eigenvalue weighted by Crippen LogP contribution is 2.32. The predicted octanol–water partition coefficient (Wildman–Crippen LogP) is 4.52. The van der Waals surface area contributed by atoms with Gasteiger partial charge in [-0.05, 0) is 57.5 Å². The molecule has 2 aromatic carbocycles. The summed E-state index contributed by atoms with van der Waals surface area (Å²) < 4.78 is 5.79. The second kappa shape index (κ2) is 6.53. The molecule has 0 amide bonds. The molecule has 112 valence electrons. The quantitative estimate of drug-likeness (QED) is 0.820. The van der Waals surface area contributed by atoms with E-state index in [0.29, 0.717) is 5.69 Å². The van der Waals surface area contributed by atoms with Crippen LogP contribution in [-0.2, 0) is 0 Å². The van der Waals surface area contributed by atoms with E-state index in [1.165, 1.54) is 11.3 Å². The molecule has 0 atom stereocenters. The zero-order valence-corrected chi connectivity index (χ0v) is 13.3. The summed E-state index contributed by atoms with van der Waals surface area (Å²) in [6.45, 7) is 9.14. The molecule has 2 N–H and O–H groups in total. The van der Waals surface area contributed by atoms with Gasteiger partial charge in [-0.25, -0.2) is 0 Å². The van der Waals surface area contributed by atoms with Crippen LogP contribution in [0.4, 0.5) is 17.1 Å². The topological polar surface area (TPSA) is 38.5 Å². The molecule has 0 saturated heterocycles. The summed E-state index contributed by atoms with van der Waals surface area (Å²) in [5.74, 6) is 0.744. The Morgan fingerprint density at radius 2 is 1.81 bits per heavy atom. The molecule has 0 aliphatic heterocycles. The van der Waals surface area contributed by atoms with Crippen LogP contribution in [0.3, 0.4) is 0 Å². The summed E-state index contributed by atoms with van der Waals surface area (Å²) in [5, 5.41) is 0. The number of nitrogen functional groups attached to an aromatic ring is 1. The predicted molar refractivity (Wildman–Crippen MR) is 90.5 cm³/mol. The molecule has 0 aliphatic carbocycles. The normalized spacial score (nSPS) is 10.7. The lowest BCUT2D eigenvalue weighted by molar-refractivity contribution is 0.244. The lowest BCUT2D eigenvalue weighted by atomic mass is 10.1. The summed E-state index contributed by atoms with van der Waals surface area (Å²) in [7, 11) is 0. The van der Waals surface area contributed by atoms with E-state index in [0.717, 1.165) is 18.0 Å². The van der Waals surface area contributed by atoms with Gasteiger partial charge in [0.15, 0.2) is 0 Å². The van der Waals surface area contributed by atoms with E-state index in [-0.39, 0.29) is 6.10 Å². The number of hydrogen-bond donors (Lipinski definition) is 1. The van der Waals surface area contributed by atoms with Crippen LogP contribution in [0.1, 0.15) is 26.3 Å². The van der Waals surface area contributed by atoms with Crippen LogP contribution < -0.4 is 15.4 Å². The van der Waals surface area contributed by atoms with Gasteiger partial charge in [0.1, 0.15) is 5.75 Å². The molecule has 0 bridgehead atoms. The van der Waals surface area contributed by atoms with Crippen molar-refractivity contribution in [1.29, 1.82) is 0 Å². The summed E-state index contributed by atoms with van der Waals surface area (Å²) >= 11 is 0. The molecule has 0 saturated carbocycles. The lowest BCUT2D eigenvalue weighted by Gasteiger charge is -2.25. The first-order valence-corrected chi connectivity index (χ1v) is 7.41. The first-order chi connectivity index (χ1) is 10.0. The van der Waals surface area contributed by atoms with Gasteiger partial charge >= 0.3 is 0 Å². The fourth-order valence-corrected chi connectivity index (χ4v) is 2.36. The minimum absolute atomic E-state index is 0.108. The summed E-state index contributed by atoms with van der Waals surface area (Å²) in [6, 6.07) is 14.4. The smallest absolute Gasteiger partial charge is 0.144 e. The highest BCUT2D eigenvalue weighted by atomic mass is 16.5. The molecule has 21 heavy (non-hydrogen) atoms. The van der Waals surface area contributed by atoms with Gasteiger partial charge in [-0.2, -0.15) is 0 Å². The number of benzene rings is 2. The Balaban J connectivity index is 2.38. The van der Waals surface area contributed by atoms with E-state index in [4.69, 9.17) is 10.5 Å². The van der Waals surface area contributed by atoms with Crippen LogP contribution in [0.5, 0.6) is 5.75 Å². The maximum atomic E-state index is 6.00. The van der Waals surface area contributed by atoms with Crippen molar-refractivity contribution in [3.05, 3.63) is 48.0 Å². The van der Waals surface area contributed by atoms with E-state index in [2.05, 4.69) is 43.0 Å². The SMILES string of the molecule is CCN(c1cccc(C)c1)c1ccc(N)c(OC(C)C)c1. The number of hydrogen-bond acceptors (Lipinski definition) is 3. The van der Waals surface area contributed by atoms with Gasteiger partial charge in [0.25, 0.3) is 0 Å². The maximum absolute atomic E-state index is 6.00. The summed E-state index contributed by atoms with van der Waals surface area (Å²) in [6.07, 6.45) is 0.108. The van der Waals surface area contributed by atoms with Crippen molar-refractivity contribution < 1.29 is 4.74 Å². The second-order valence-electron chi connectivity index (χ2n) is 5.47. The average molecular weight is 284 g/mol. The molecule has 0 unspecified atom stereocenters. The van der Waals surface area contributed by atoms with Gasteiger partial charge in [-0.3, -0.25) is 0 Å². The number of nitrogens with zero attached hydrogens (tertiary/aromatic N) is 1. The first kappa shape index (κ1) is 15.2. The fraction of sp³-hybridized carbons (Fsp3) is 0.333. The van der Waals surface area contributed by atoms with Crippen LogP contribution in [0, 0.1) is 6.92 Å². The Morgan fingerprint density at radius 1 is 1.10 bits per heavy atom. The summed E-state index contributed by atoms with van der Waals surface area (Å²) in [5.41, 5.74) is 10.2. The Bertz CT molecular complexity index is 608. The Hall–Kier alpha value is -2.16. The third-order valence-corrected chi connectivity index (χ3v) is 3.30. The van der Waals surface area contributed by atoms with Crippen LogP contribution in [0.25, 0.3) is 0 Å². The molecule has 3 heteroatoms. The van der Waals surface area contributed by atoms with Crippen LogP contribution in [0.15, 0.2) is 42.5 Å². The van der Waals surface area contributed by atoms with E-state index < -0.39 is 0 Å². The minimum atomic E-state index is 0.108. The van der Waals surface area contributed by atoms with Crippen molar-refractivity contribution in [1.82, 2.24) is 0 Å². The van der Waals surface area contributed by atoms with Gasteiger partial charge in [-0.1, -0.05) is 12.1 Å². The molecule has 2 rings (SSSR count). The molecule has 0 heterocycles. The molecule has 0 aliphatic rings. The highest BCUT2D eigenvalue weighted by Gasteiger charge is 2.11. The van der Waals surface area contributed by atoms with Crippen LogP contribution in [-0.4, -0.2) is 12.6 Å².